The molecule has 98 valence electrons. The Kier molecular flexibility index (Phi) is 3.93. The lowest BCUT2D eigenvalue weighted by molar-refractivity contribution is -0.402. The average Bonchev–Trinajstić information content (AvgIpc) is 2.81. The van der Waals surface area contributed by atoms with Crippen LogP contribution in [0.5, 0.6) is 0 Å². The molecular formula is C11H15N3O4. The Hall–Kier alpha value is -1.89. The van der Waals surface area contributed by atoms with Crippen LogP contribution in [0.2, 0.25) is 0 Å². The normalized spacial score (nSPS) is 16.6. The van der Waals surface area contributed by atoms with Gasteiger partial charge in [-0.15, -0.1) is 0 Å². The molecule has 7 nitrogen and oxygen atoms in total. The summed E-state index contributed by atoms with van der Waals surface area (Å²) in [5.41, 5.74) is 1.05. The average molecular weight is 253 g/mol. The third-order valence-corrected chi connectivity index (χ3v) is 2.86. The molecule has 0 unspecified atom stereocenters. The summed E-state index contributed by atoms with van der Waals surface area (Å²) in [4.78, 5) is 16.9. The maximum atomic E-state index is 10.5. The Labute approximate surface area is 104 Å². The molecule has 0 atom stereocenters. The Bertz CT molecular complexity index is 445. The van der Waals surface area contributed by atoms with Crippen molar-refractivity contribution < 1.29 is 14.2 Å². The summed E-state index contributed by atoms with van der Waals surface area (Å²) in [6.45, 7) is 2.31. The van der Waals surface area contributed by atoms with E-state index in [1.54, 1.807) is 13.2 Å². The summed E-state index contributed by atoms with van der Waals surface area (Å²) in [7, 11) is 1.54. The Morgan fingerprint density at radius 1 is 1.50 bits per heavy atom. The molecule has 2 heterocycles. The van der Waals surface area contributed by atoms with Gasteiger partial charge in [-0.25, -0.2) is 0 Å². The number of furan rings is 1. The van der Waals surface area contributed by atoms with Gasteiger partial charge in [0, 0.05) is 25.9 Å². The van der Waals surface area contributed by atoms with Crippen molar-refractivity contribution >= 4 is 11.6 Å². The molecule has 0 saturated carbocycles. The van der Waals surface area contributed by atoms with Gasteiger partial charge in [0.1, 0.15) is 17.8 Å². The van der Waals surface area contributed by atoms with Crippen molar-refractivity contribution in [2.45, 2.75) is 19.4 Å². The number of rotatable bonds is 4. The number of hydrogen-bond acceptors (Lipinski definition) is 6. The van der Waals surface area contributed by atoms with Crippen LogP contribution in [0.3, 0.4) is 0 Å². The minimum atomic E-state index is -0.525. The monoisotopic (exact) mass is 253 g/mol. The molecule has 1 aromatic heterocycles. The summed E-state index contributed by atoms with van der Waals surface area (Å²) in [6.07, 6.45) is 1.72. The van der Waals surface area contributed by atoms with E-state index in [1.165, 1.54) is 6.07 Å². The van der Waals surface area contributed by atoms with Crippen LogP contribution in [0, 0.1) is 10.1 Å². The molecule has 1 fully saturated rings. The first kappa shape index (κ1) is 12.6. The minimum Gasteiger partial charge on any atom is -0.404 e. The SMILES string of the molecule is CON=C1CCN(Cc2ccc([N+](=O)[O-])o2)CC1. The van der Waals surface area contributed by atoms with Crippen LogP contribution in [-0.4, -0.2) is 35.7 Å². The van der Waals surface area contributed by atoms with Crippen LogP contribution in [-0.2, 0) is 11.4 Å². The molecule has 0 radical (unpaired) electrons. The van der Waals surface area contributed by atoms with Gasteiger partial charge in [0.15, 0.2) is 0 Å². The predicted octanol–water partition coefficient (Wildman–Crippen LogP) is 1.79. The fourth-order valence-corrected chi connectivity index (χ4v) is 1.96. The lowest BCUT2D eigenvalue weighted by atomic mass is 10.1. The van der Waals surface area contributed by atoms with Gasteiger partial charge in [0.05, 0.1) is 18.3 Å². The summed E-state index contributed by atoms with van der Waals surface area (Å²) in [5, 5.41) is 14.4. The van der Waals surface area contributed by atoms with Crippen molar-refractivity contribution in [1.82, 2.24) is 4.90 Å². The molecule has 0 bridgehead atoms. The molecule has 1 aliphatic heterocycles. The molecule has 2 rings (SSSR count). The molecule has 0 N–H and O–H groups in total. The third-order valence-electron chi connectivity index (χ3n) is 2.86. The minimum absolute atomic E-state index is 0.205. The second-order valence-corrected chi connectivity index (χ2v) is 4.11. The van der Waals surface area contributed by atoms with Crippen molar-refractivity contribution in [3.8, 4) is 0 Å². The largest absolute Gasteiger partial charge is 0.433 e. The number of nitrogens with zero attached hydrogens (tertiary/aromatic N) is 3. The lowest BCUT2D eigenvalue weighted by Gasteiger charge is -2.25. The molecule has 0 amide bonds. The molecule has 1 saturated heterocycles. The molecular weight excluding hydrogens is 238 g/mol. The summed E-state index contributed by atoms with van der Waals surface area (Å²) < 4.78 is 5.13. The zero-order valence-electron chi connectivity index (χ0n) is 10.2. The summed E-state index contributed by atoms with van der Waals surface area (Å²) >= 11 is 0. The summed E-state index contributed by atoms with van der Waals surface area (Å²) in [6, 6.07) is 3.04. The first-order chi connectivity index (χ1) is 8.69. The third kappa shape index (κ3) is 3.07. The van der Waals surface area contributed by atoms with Gasteiger partial charge in [-0.2, -0.15) is 0 Å². The second-order valence-electron chi connectivity index (χ2n) is 4.11. The fraction of sp³-hybridized carbons (Fsp3) is 0.545. The summed E-state index contributed by atoms with van der Waals surface area (Å²) in [5.74, 6) is 0.414. The smallest absolute Gasteiger partial charge is 0.404 e. The van der Waals surface area contributed by atoms with Gasteiger partial charge in [-0.05, 0) is 6.07 Å². The van der Waals surface area contributed by atoms with E-state index in [4.69, 9.17) is 9.25 Å². The van der Waals surface area contributed by atoms with E-state index in [0.717, 1.165) is 31.6 Å². The highest BCUT2D eigenvalue weighted by Gasteiger charge is 2.18. The Balaban J connectivity index is 1.87. The Morgan fingerprint density at radius 3 is 2.78 bits per heavy atom. The molecule has 1 aromatic rings. The zero-order valence-corrected chi connectivity index (χ0v) is 10.2. The van der Waals surface area contributed by atoms with E-state index >= 15 is 0 Å². The van der Waals surface area contributed by atoms with Gasteiger partial charge in [0.2, 0.25) is 0 Å². The first-order valence-electron chi connectivity index (χ1n) is 5.73. The fourth-order valence-electron chi connectivity index (χ4n) is 1.96. The van der Waals surface area contributed by atoms with Gasteiger partial charge < -0.3 is 9.25 Å². The quantitative estimate of drug-likeness (QED) is 0.603. The van der Waals surface area contributed by atoms with Crippen LogP contribution in [0.25, 0.3) is 0 Å². The van der Waals surface area contributed by atoms with E-state index < -0.39 is 4.92 Å². The van der Waals surface area contributed by atoms with E-state index in [9.17, 15) is 10.1 Å². The van der Waals surface area contributed by atoms with Crippen LogP contribution in [0.15, 0.2) is 21.7 Å². The second kappa shape index (κ2) is 5.63. The standard InChI is InChI=1S/C11H15N3O4/c1-17-12-9-4-6-13(7-5-9)8-10-2-3-11(18-10)14(15)16/h2-3H,4-8H2,1H3. The van der Waals surface area contributed by atoms with E-state index in [2.05, 4.69) is 10.1 Å². The van der Waals surface area contributed by atoms with Gasteiger partial charge in [0.25, 0.3) is 0 Å². The van der Waals surface area contributed by atoms with Crippen molar-refractivity contribution in [3.63, 3.8) is 0 Å². The molecule has 7 heteroatoms. The van der Waals surface area contributed by atoms with Crippen LogP contribution < -0.4 is 0 Å². The molecule has 1 aliphatic rings. The van der Waals surface area contributed by atoms with Crippen LogP contribution in [0.1, 0.15) is 18.6 Å². The number of piperidine rings is 1. The molecule has 18 heavy (non-hydrogen) atoms. The zero-order chi connectivity index (χ0) is 13.0. The van der Waals surface area contributed by atoms with Crippen molar-refractivity contribution in [3.05, 3.63) is 28.0 Å². The molecule has 0 aromatic carbocycles. The first-order valence-corrected chi connectivity index (χ1v) is 5.73. The van der Waals surface area contributed by atoms with E-state index in [1.807, 2.05) is 0 Å². The predicted molar refractivity (Wildman–Crippen MR) is 64.3 cm³/mol. The number of oxime groups is 1. The van der Waals surface area contributed by atoms with Crippen LogP contribution >= 0.6 is 0 Å². The highest BCUT2D eigenvalue weighted by atomic mass is 16.6. The number of hydrogen-bond donors (Lipinski definition) is 0. The van der Waals surface area contributed by atoms with E-state index in [-0.39, 0.29) is 5.88 Å². The number of likely N-dealkylation sites (tertiary alicyclic amines) is 1. The van der Waals surface area contributed by atoms with Crippen molar-refractivity contribution in [2.24, 2.45) is 5.16 Å². The number of nitro groups is 1. The lowest BCUT2D eigenvalue weighted by Crippen LogP contribution is -2.33. The van der Waals surface area contributed by atoms with Crippen LogP contribution in [0.4, 0.5) is 5.88 Å². The highest BCUT2D eigenvalue weighted by molar-refractivity contribution is 5.84. The van der Waals surface area contributed by atoms with Gasteiger partial charge in [-0.3, -0.25) is 15.0 Å². The maximum absolute atomic E-state index is 10.5. The van der Waals surface area contributed by atoms with Crippen molar-refractivity contribution in [2.75, 3.05) is 20.2 Å². The van der Waals surface area contributed by atoms with Gasteiger partial charge in [-0.1, -0.05) is 5.16 Å². The molecule has 0 aliphatic carbocycles. The van der Waals surface area contributed by atoms with E-state index in [0.29, 0.717) is 12.3 Å². The maximum Gasteiger partial charge on any atom is 0.433 e. The highest BCUT2D eigenvalue weighted by Crippen LogP contribution is 2.18. The van der Waals surface area contributed by atoms with Crippen molar-refractivity contribution in [1.29, 1.82) is 0 Å². The van der Waals surface area contributed by atoms with Gasteiger partial charge >= 0.3 is 5.88 Å². The Morgan fingerprint density at radius 2 is 2.22 bits per heavy atom. The topological polar surface area (TPSA) is 81.1 Å². The molecule has 0 spiro atoms.